The van der Waals surface area contributed by atoms with E-state index in [2.05, 4.69) is 5.32 Å². The van der Waals surface area contributed by atoms with Gasteiger partial charge < -0.3 is 10.4 Å². The van der Waals surface area contributed by atoms with Crippen LogP contribution in [0.1, 0.15) is 20.7 Å². The average molecular weight is 294 g/mol. The fraction of sp³-hybridized carbons (Fsp3) is 0. The smallest absolute Gasteiger partial charge is 0.335 e. The van der Waals surface area contributed by atoms with Gasteiger partial charge in [-0.3, -0.25) is 4.79 Å². The lowest BCUT2D eigenvalue weighted by Gasteiger charge is -2.07. The lowest BCUT2D eigenvalue weighted by atomic mass is 10.1. The van der Waals surface area contributed by atoms with Crippen molar-refractivity contribution in [3.8, 4) is 0 Å². The second kappa shape index (κ2) is 5.71. The van der Waals surface area contributed by atoms with E-state index in [0.717, 1.165) is 6.07 Å². The molecule has 0 radical (unpaired) electrons. The first kappa shape index (κ1) is 14.0. The third-order valence-electron chi connectivity index (χ3n) is 2.57. The molecule has 20 heavy (non-hydrogen) atoms. The number of carbonyl (C=O) groups excluding carboxylic acids is 1. The van der Waals surface area contributed by atoms with Crippen LogP contribution in [0.4, 0.5) is 10.1 Å². The Bertz CT molecular complexity index is 671. The topological polar surface area (TPSA) is 66.4 Å². The van der Waals surface area contributed by atoms with Gasteiger partial charge in [-0.2, -0.15) is 0 Å². The van der Waals surface area contributed by atoms with E-state index in [1.807, 2.05) is 0 Å². The normalized spacial score (nSPS) is 10.1. The fourth-order valence-electron chi connectivity index (χ4n) is 1.55. The molecular weight excluding hydrogens is 285 g/mol. The number of aromatic carboxylic acids is 1. The molecule has 0 aliphatic rings. The van der Waals surface area contributed by atoms with Crippen LogP contribution in [0.3, 0.4) is 0 Å². The van der Waals surface area contributed by atoms with Gasteiger partial charge in [0.2, 0.25) is 0 Å². The fourth-order valence-corrected chi connectivity index (χ4v) is 1.71. The van der Waals surface area contributed by atoms with Gasteiger partial charge in [0.15, 0.2) is 0 Å². The van der Waals surface area contributed by atoms with Gasteiger partial charge in [0.1, 0.15) is 5.82 Å². The Morgan fingerprint density at radius 1 is 1.05 bits per heavy atom. The zero-order valence-corrected chi connectivity index (χ0v) is 10.8. The van der Waals surface area contributed by atoms with E-state index in [-0.39, 0.29) is 21.8 Å². The van der Waals surface area contributed by atoms with Gasteiger partial charge in [0.25, 0.3) is 5.91 Å². The number of carboxylic acid groups (broad SMARTS) is 1. The monoisotopic (exact) mass is 293 g/mol. The van der Waals surface area contributed by atoms with Crippen LogP contribution in [0.15, 0.2) is 42.5 Å². The predicted octanol–water partition coefficient (Wildman–Crippen LogP) is 3.43. The second-order valence-electron chi connectivity index (χ2n) is 3.96. The van der Waals surface area contributed by atoms with Crippen molar-refractivity contribution in [2.24, 2.45) is 0 Å². The highest BCUT2D eigenvalue weighted by Crippen LogP contribution is 2.19. The summed E-state index contributed by atoms with van der Waals surface area (Å²) < 4.78 is 13.5. The van der Waals surface area contributed by atoms with E-state index in [4.69, 9.17) is 16.7 Å². The number of hydrogen-bond donors (Lipinski definition) is 2. The van der Waals surface area contributed by atoms with Crippen LogP contribution in [0, 0.1) is 5.82 Å². The average Bonchev–Trinajstić information content (AvgIpc) is 2.42. The van der Waals surface area contributed by atoms with Crippen LogP contribution in [-0.4, -0.2) is 17.0 Å². The quantitative estimate of drug-likeness (QED) is 0.911. The molecule has 4 nitrogen and oxygen atoms in total. The van der Waals surface area contributed by atoms with Crippen LogP contribution in [0.2, 0.25) is 5.02 Å². The zero-order valence-electron chi connectivity index (χ0n) is 10.1. The minimum absolute atomic E-state index is 0.00158. The van der Waals surface area contributed by atoms with Gasteiger partial charge in [-0.1, -0.05) is 11.6 Å². The van der Waals surface area contributed by atoms with E-state index >= 15 is 0 Å². The minimum atomic E-state index is -1.08. The SMILES string of the molecule is O=C(O)c1ccc(C(=O)Nc2ccc(Cl)cc2F)cc1. The number of rotatable bonds is 3. The predicted molar refractivity (Wildman–Crippen MR) is 72.8 cm³/mol. The van der Waals surface area contributed by atoms with Crippen molar-refractivity contribution in [1.82, 2.24) is 0 Å². The lowest BCUT2D eigenvalue weighted by Crippen LogP contribution is -2.13. The number of halogens is 2. The van der Waals surface area contributed by atoms with E-state index in [1.165, 1.54) is 36.4 Å². The van der Waals surface area contributed by atoms with Gasteiger partial charge in [0, 0.05) is 10.6 Å². The molecule has 6 heteroatoms. The van der Waals surface area contributed by atoms with Crippen molar-refractivity contribution in [1.29, 1.82) is 0 Å². The van der Waals surface area contributed by atoms with Gasteiger partial charge in [-0.25, -0.2) is 9.18 Å². The Morgan fingerprint density at radius 3 is 2.20 bits per heavy atom. The van der Waals surface area contributed by atoms with Gasteiger partial charge in [-0.15, -0.1) is 0 Å². The van der Waals surface area contributed by atoms with Crippen molar-refractivity contribution >= 4 is 29.2 Å². The number of nitrogens with one attached hydrogen (secondary N) is 1. The maximum Gasteiger partial charge on any atom is 0.335 e. The van der Waals surface area contributed by atoms with Crippen LogP contribution in [-0.2, 0) is 0 Å². The Kier molecular flexibility index (Phi) is 4.00. The summed E-state index contributed by atoms with van der Waals surface area (Å²) in [4.78, 5) is 22.6. The van der Waals surface area contributed by atoms with Crippen molar-refractivity contribution in [3.05, 3.63) is 64.4 Å². The minimum Gasteiger partial charge on any atom is -0.478 e. The molecule has 0 aliphatic heterocycles. The van der Waals surface area contributed by atoms with Crippen molar-refractivity contribution < 1.29 is 19.1 Å². The highest BCUT2D eigenvalue weighted by atomic mass is 35.5. The van der Waals surface area contributed by atoms with Crippen molar-refractivity contribution in [2.75, 3.05) is 5.32 Å². The maximum absolute atomic E-state index is 13.5. The molecule has 0 bridgehead atoms. The first-order valence-corrected chi connectivity index (χ1v) is 5.95. The first-order valence-electron chi connectivity index (χ1n) is 5.57. The largest absolute Gasteiger partial charge is 0.478 e. The number of benzene rings is 2. The Labute approximate surface area is 118 Å². The summed E-state index contributed by atoms with van der Waals surface area (Å²) in [5.41, 5.74) is 0.297. The molecule has 0 spiro atoms. The molecule has 2 aromatic carbocycles. The number of hydrogen-bond acceptors (Lipinski definition) is 2. The Hall–Kier alpha value is -2.40. The number of amides is 1. The maximum atomic E-state index is 13.5. The summed E-state index contributed by atoms with van der Waals surface area (Å²) in [6.07, 6.45) is 0. The van der Waals surface area contributed by atoms with Gasteiger partial charge in [-0.05, 0) is 42.5 Å². The zero-order chi connectivity index (χ0) is 14.7. The third-order valence-corrected chi connectivity index (χ3v) is 2.81. The molecular formula is C14H9ClFNO3. The summed E-state index contributed by atoms with van der Waals surface area (Å²) in [7, 11) is 0. The molecule has 0 heterocycles. The van der Waals surface area contributed by atoms with Crippen LogP contribution in [0.25, 0.3) is 0 Å². The molecule has 0 aromatic heterocycles. The van der Waals surface area contributed by atoms with Crippen LogP contribution < -0.4 is 5.32 Å². The molecule has 0 saturated heterocycles. The highest BCUT2D eigenvalue weighted by Gasteiger charge is 2.10. The molecule has 0 saturated carbocycles. The Balaban J connectivity index is 2.17. The molecule has 2 N–H and O–H groups in total. The molecule has 2 aromatic rings. The molecule has 102 valence electrons. The summed E-state index contributed by atoms with van der Waals surface area (Å²) in [6.45, 7) is 0. The molecule has 2 rings (SSSR count). The molecule has 0 aliphatic carbocycles. The Morgan fingerprint density at radius 2 is 1.65 bits per heavy atom. The summed E-state index contributed by atoms with van der Waals surface area (Å²) in [6, 6.07) is 9.20. The third kappa shape index (κ3) is 3.13. The van der Waals surface area contributed by atoms with E-state index in [1.54, 1.807) is 0 Å². The highest BCUT2D eigenvalue weighted by molar-refractivity contribution is 6.30. The summed E-state index contributed by atoms with van der Waals surface area (Å²) in [5.74, 6) is -2.27. The molecule has 0 fully saturated rings. The number of carbonyl (C=O) groups is 2. The van der Waals surface area contributed by atoms with E-state index < -0.39 is 17.7 Å². The standard InChI is InChI=1S/C14H9ClFNO3/c15-10-5-6-12(11(16)7-10)17-13(18)8-1-3-9(4-2-8)14(19)20/h1-7H,(H,17,18)(H,19,20). The van der Waals surface area contributed by atoms with Gasteiger partial charge >= 0.3 is 5.97 Å². The van der Waals surface area contributed by atoms with Crippen LogP contribution >= 0.6 is 11.6 Å². The first-order chi connectivity index (χ1) is 9.47. The van der Waals surface area contributed by atoms with Gasteiger partial charge in [0.05, 0.1) is 11.3 Å². The van der Waals surface area contributed by atoms with E-state index in [9.17, 15) is 14.0 Å². The summed E-state index contributed by atoms with van der Waals surface area (Å²) in [5, 5.41) is 11.4. The van der Waals surface area contributed by atoms with Crippen molar-refractivity contribution in [3.63, 3.8) is 0 Å². The lowest BCUT2D eigenvalue weighted by molar-refractivity contribution is 0.0696. The molecule has 0 atom stereocenters. The second-order valence-corrected chi connectivity index (χ2v) is 4.40. The van der Waals surface area contributed by atoms with E-state index in [0.29, 0.717) is 0 Å². The van der Waals surface area contributed by atoms with Crippen LogP contribution in [0.5, 0.6) is 0 Å². The van der Waals surface area contributed by atoms with Crippen molar-refractivity contribution in [2.45, 2.75) is 0 Å². The molecule has 0 unspecified atom stereocenters. The number of anilines is 1. The summed E-state index contributed by atoms with van der Waals surface area (Å²) >= 11 is 5.61. The number of carboxylic acids is 1. The molecule has 1 amide bonds.